The molecule has 33 heavy (non-hydrogen) atoms. The summed E-state index contributed by atoms with van der Waals surface area (Å²) in [6, 6.07) is 9.68. The number of rotatable bonds is 5. The summed E-state index contributed by atoms with van der Waals surface area (Å²) in [5.41, 5.74) is 0.605. The van der Waals surface area contributed by atoms with Crippen LogP contribution in [0.5, 0.6) is 0 Å². The Morgan fingerprint density at radius 3 is 2.42 bits per heavy atom. The minimum absolute atomic E-state index is 0.168. The van der Waals surface area contributed by atoms with Crippen molar-refractivity contribution in [2.24, 2.45) is 0 Å². The molecule has 1 aromatic heterocycles. The van der Waals surface area contributed by atoms with E-state index in [1.807, 2.05) is 7.05 Å². The third kappa shape index (κ3) is 5.41. The second-order valence-electron chi connectivity index (χ2n) is 8.02. The molecule has 0 aliphatic carbocycles. The van der Waals surface area contributed by atoms with Gasteiger partial charge in [-0.05, 0) is 37.4 Å². The second-order valence-corrected chi connectivity index (χ2v) is 8.83. The Balaban J connectivity index is 1.73. The SMILES string of the molecule is CN1CCN(CC(=O)c2cn(-c3cccc(C(F)(F)F)c3)nc2-c2ccc(Cl)c(Cl)c2)CC1. The van der Waals surface area contributed by atoms with Gasteiger partial charge in [-0.15, -0.1) is 0 Å². The molecule has 1 saturated heterocycles. The lowest BCUT2D eigenvalue weighted by Crippen LogP contribution is -2.46. The topological polar surface area (TPSA) is 41.4 Å². The quantitative estimate of drug-likeness (QED) is 0.449. The van der Waals surface area contributed by atoms with Crippen molar-refractivity contribution in [3.05, 3.63) is 69.8 Å². The number of aromatic nitrogens is 2. The van der Waals surface area contributed by atoms with Gasteiger partial charge in [-0.25, -0.2) is 4.68 Å². The Kier molecular flexibility index (Phi) is 6.81. The molecular formula is C23H21Cl2F3N4O. The number of ketones is 1. The molecule has 10 heteroatoms. The molecule has 174 valence electrons. The van der Waals surface area contributed by atoms with Gasteiger partial charge in [-0.3, -0.25) is 9.69 Å². The zero-order valence-electron chi connectivity index (χ0n) is 17.7. The minimum Gasteiger partial charge on any atom is -0.304 e. The van der Waals surface area contributed by atoms with Crippen LogP contribution in [0.4, 0.5) is 13.2 Å². The van der Waals surface area contributed by atoms with Gasteiger partial charge in [-0.1, -0.05) is 35.3 Å². The van der Waals surface area contributed by atoms with Crippen molar-refractivity contribution in [3.63, 3.8) is 0 Å². The molecule has 5 nitrogen and oxygen atoms in total. The van der Waals surface area contributed by atoms with E-state index in [2.05, 4.69) is 14.9 Å². The van der Waals surface area contributed by atoms with E-state index < -0.39 is 11.7 Å². The summed E-state index contributed by atoms with van der Waals surface area (Å²) in [5.74, 6) is -0.168. The molecule has 1 aliphatic rings. The molecule has 0 saturated carbocycles. The standard InChI is InChI=1S/C23H21Cl2F3N4O/c1-30-7-9-31(10-8-30)14-21(33)18-13-32(17-4-2-3-16(12-17)23(26,27)28)29-22(18)15-5-6-19(24)20(25)11-15/h2-6,11-13H,7-10,14H2,1H3. The van der Waals surface area contributed by atoms with Crippen molar-refractivity contribution >= 4 is 29.0 Å². The Labute approximate surface area is 199 Å². The molecule has 0 unspecified atom stereocenters. The van der Waals surface area contributed by atoms with E-state index in [0.29, 0.717) is 26.9 Å². The number of hydrogen-bond acceptors (Lipinski definition) is 4. The van der Waals surface area contributed by atoms with Gasteiger partial charge in [0.15, 0.2) is 5.78 Å². The molecule has 0 N–H and O–H groups in total. The van der Waals surface area contributed by atoms with Gasteiger partial charge in [0, 0.05) is 37.9 Å². The summed E-state index contributed by atoms with van der Waals surface area (Å²) in [4.78, 5) is 17.5. The van der Waals surface area contributed by atoms with Gasteiger partial charge in [0.25, 0.3) is 0 Å². The molecule has 3 aromatic rings. The van der Waals surface area contributed by atoms with E-state index in [-0.39, 0.29) is 18.0 Å². The number of carbonyl (C=O) groups is 1. The predicted octanol–water partition coefficient (Wildman–Crippen LogP) is 5.30. The van der Waals surface area contributed by atoms with E-state index in [0.717, 1.165) is 38.3 Å². The summed E-state index contributed by atoms with van der Waals surface area (Å²) in [6.45, 7) is 3.42. The monoisotopic (exact) mass is 496 g/mol. The molecule has 0 atom stereocenters. The van der Waals surface area contributed by atoms with Crippen LogP contribution < -0.4 is 0 Å². The normalized spacial score (nSPS) is 15.7. The first-order valence-electron chi connectivity index (χ1n) is 10.3. The number of halogens is 5. The first-order chi connectivity index (χ1) is 15.6. The van der Waals surface area contributed by atoms with Crippen molar-refractivity contribution in [3.8, 4) is 16.9 Å². The van der Waals surface area contributed by atoms with Gasteiger partial charge in [0.1, 0.15) is 5.69 Å². The molecule has 2 heterocycles. The van der Waals surface area contributed by atoms with Crippen molar-refractivity contribution in [2.75, 3.05) is 39.8 Å². The number of piperazine rings is 1. The van der Waals surface area contributed by atoms with Crippen LogP contribution in [0.2, 0.25) is 10.0 Å². The fraction of sp³-hybridized carbons (Fsp3) is 0.304. The molecule has 4 rings (SSSR count). The average Bonchev–Trinajstić information content (AvgIpc) is 3.22. The number of carbonyl (C=O) groups excluding carboxylic acids is 1. The zero-order valence-corrected chi connectivity index (χ0v) is 19.3. The highest BCUT2D eigenvalue weighted by Crippen LogP contribution is 2.33. The number of nitrogens with zero attached hydrogens (tertiary/aromatic N) is 4. The highest BCUT2D eigenvalue weighted by atomic mass is 35.5. The van der Waals surface area contributed by atoms with Crippen LogP contribution in [0.1, 0.15) is 15.9 Å². The lowest BCUT2D eigenvalue weighted by Gasteiger charge is -2.31. The van der Waals surface area contributed by atoms with Crippen molar-refractivity contribution in [2.45, 2.75) is 6.18 Å². The third-order valence-corrected chi connectivity index (χ3v) is 6.35. The largest absolute Gasteiger partial charge is 0.416 e. The summed E-state index contributed by atoms with van der Waals surface area (Å²) >= 11 is 12.2. The first kappa shape index (κ1) is 23.8. The molecule has 0 radical (unpaired) electrons. The van der Waals surface area contributed by atoms with E-state index in [9.17, 15) is 18.0 Å². The maximum absolute atomic E-state index is 13.3. The maximum Gasteiger partial charge on any atom is 0.416 e. The second kappa shape index (κ2) is 9.46. The molecule has 0 amide bonds. The molecule has 1 aliphatic heterocycles. The number of likely N-dealkylation sites (N-methyl/N-ethyl adjacent to an activating group) is 1. The molecule has 2 aromatic carbocycles. The highest BCUT2D eigenvalue weighted by Gasteiger charge is 2.31. The number of benzene rings is 2. The average molecular weight is 497 g/mol. The van der Waals surface area contributed by atoms with Gasteiger partial charge >= 0.3 is 6.18 Å². The summed E-state index contributed by atoms with van der Waals surface area (Å²) in [6.07, 6.45) is -3.01. The van der Waals surface area contributed by atoms with Crippen LogP contribution in [-0.2, 0) is 6.18 Å². The Bertz CT molecular complexity index is 1170. The number of Topliss-reactive ketones (excluding diaryl/α,β-unsaturated/α-hetero) is 1. The predicted molar refractivity (Wildman–Crippen MR) is 122 cm³/mol. The molecular weight excluding hydrogens is 476 g/mol. The van der Waals surface area contributed by atoms with E-state index in [4.69, 9.17) is 23.2 Å². The van der Waals surface area contributed by atoms with Gasteiger partial charge < -0.3 is 4.90 Å². The van der Waals surface area contributed by atoms with E-state index in [1.54, 1.807) is 18.2 Å². The van der Waals surface area contributed by atoms with Crippen molar-refractivity contribution in [1.82, 2.24) is 19.6 Å². The van der Waals surface area contributed by atoms with Gasteiger partial charge in [0.05, 0.1) is 33.4 Å². The zero-order chi connectivity index (χ0) is 23.8. The lowest BCUT2D eigenvalue weighted by molar-refractivity contribution is -0.137. The lowest BCUT2D eigenvalue weighted by atomic mass is 10.0. The van der Waals surface area contributed by atoms with Crippen LogP contribution >= 0.6 is 23.2 Å². The summed E-state index contributed by atoms with van der Waals surface area (Å²) in [5, 5.41) is 5.11. The Morgan fingerprint density at radius 2 is 1.76 bits per heavy atom. The van der Waals surface area contributed by atoms with Gasteiger partial charge in [-0.2, -0.15) is 18.3 Å². The van der Waals surface area contributed by atoms with Crippen LogP contribution in [-0.4, -0.2) is 65.1 Å². The third-order valence-electron chi connectivity index (χ3n) is 5.61. The van der Waals surface area contributed by atoms with Gasteiger partial charge in [0.2, 0.25) is 0 Å². The van der Waals surface area contributed by atoms with Crippen LogP contribution in [0, 0.1) is 0 Å². The molecule has 0 spiro atoms. The summed E-state index contributed by atoms with van der Waals surface area (Å²) in [7, 11) is 2.03. The van der Waals surface area contributed by atoms with E-state index >= 15 is 0 Å². The highest BCUT2D eigenvalue weighted by molar-refractivity contribution is 6.42. The Morgan fingerprint density at radius 1 is 1.03 bits per heavy atom. The number of alkyl halides is 3. The Hall–Kier alpha value is -2.39. The van der Waals surface area contributed by atoms with Crippen LogP contribution in [0.15, 0.2) is 48.7 Å². The smallest absolute Gasteiger partial charge is 0.304 e. The molecule has 1 fully saturated rings. The summed E-state index contributed by atoms with van der Waals surface area (Å²) < 4.78 is 40.9. The minimum atomic E-state index is -4.49. The van der Waals surface area contributed by atoms with Crippen molar-refractivity contribution in [1.29, 1.82) is 0 Å². The maximum atomic E-state index is 13.3. The fourth-order valence-corrected chi connectivity index (χ4v) is 3.98. The fourth-order valence-electron chi connectivity index (χ4n) is 3.69. The van der Waals surface area contributed by atoms with E-state index in [1.165, 1.54) is 23.0 Å². The van der Waals surface area contributed by atoms with Crippen molar-refractivity contribution < 1.29 is 18.0 Å². The number of hydrogen-bond donors (Lipinski definition) is 0. The van der Waals surface area contributed by atoms with Crippen LogP contribution in [0.3, 0.4) is 0 Å². The van der Waals surface area contributed by atoms with Crippen LogP contribution in [0.25, 0.3) is 16.9 Å². The molecule has 0 bridgehead atoms. The first-order valence-corrected chi connectivity index (χ1v) is 11.0.